The first-order valence-corrected chi connectivity index (χ1v) is 8.52. The van der Waals surface area contributed by atoms with Gasteiger partial charge in [0.2, 0.25) is 5.91 Å². The molecule has 6 nitrogen and oxygen atoms in total. The molecule has 2 amide bonds. The molecule has 27 heavy (non-hydrogen) atoms. The molecular weight excluding hydrogens is 344 g/mol. The molecule has 0 heterocycles. The zero-order chi connectivity index (χ0) is 19.5. The number of amides is 2. The van der Waals surface area contributed by atoms with Gasteiger partial charge in [0.1, 0.15) is 6.04 Å². The third kappa shape index (κ3) is 6.78. The third-order valence-electron chi connectivity index (χ3n) is 3.75. The summed E-state index contributed by atoms with van der Waals surface area (Å²) < 4.78 is 4.74. The lowest BCUT2D eigenvalue weighted by atomic mass is 10.1. The summed E-state index contributed by atoms with van der Waals surface area (Å²) in [6.45, 7) is -0.233. The highest BCUT2D eigenvalue weighted by atomic mass is 16.5. The molecule has 0 aromatic heterocycles. The number of carbonyl (C=O) groups excluding carboxylic acids is 3. The number of carbonyl (C=O) groups is 3. The molecule has 2 N–H and O–H groups in total. The van der Waals surface area contributed by atoms with Crippen LogP contribution in [0.1, 0.15) is 22.3 Å². The first-order chi connectivity index (χ1) is 13.1. The van der Waals surface area contributed by atoms with Crippen LogP contribution in [-0.4, -0.2) is 37.5 Å². The Balaban J connectivity index is 1.87. The number of ether oxygens (including phenoxy) is 1. The Hall–Kier alpha value is -3.41. The average molecular weight is 366 g/mol. The average Bonchev–Trinajstić information content (AvgIpc) is 2.72. The van der Waals surface area contributed by atoms with E-state index in [0.717, 1.165) is 5.56 Å². The van der Waals surface area contributed by atoms with E-state index in [-0.39, 0.29) is 18.9 Å². The largest absolute Gasteiger partial charge is 0.467 e. The summed E-state index contributed by atoms with van der Waals surface area (Å²) in [5.41, 5.74) is 1.45. The minimum atomic E-state index is -0.823. The molecule has 0 saturated carbocycles. The van der Waals surface area contributed by atoms with E-state index in [1.165, 1.54) is 7.11 Å². The van der Waals surface area contributed by atoms with Gasteiger partial charge >= 0.3 is 5.97 Å². The number of rotatable bonds is 8. The molecule has 6 heteroatoms. The number of esters is 1. The highest BCUT2D eigenvalue weighted by Gasteiger charge is 2.20. The zero-order valence-electron chi connectivity index (χ0n) is 15.1. The summed E-state index contributed by atoms with van der Waals surface area (Å²) in [7, 11) is 1.26. The Labute approximate surface area is 158 Å². The van der Waals surface area contributed by atoms with Crippen LogP contribution in [0.25, 0.3) is 6.08 Å². The lowest BCUT2D eigenvalue weighted by Gasteiger charge is -2.15. The van der Waals surface area contributed by atoms with E-state index in [0.29, 0.717) is 5.56 Å². The molecule has 0 aliphatic carbocycles. The SMILES string of the molecule is COC(=O)[C@@H](C/C=C/c1ccccc1)NC(=O)CNC(=O)c1ccccc1. The Kier molecular flexibility index (Phi) is 7.78. The summed E-state index contributed by atoms with van der Waals surface area (Å²) in [6.07, 6.45) is 3.93. The molecule has 0 radical (unpaired) electrons. The van der Waals surface area contributed by atoms with E-state index in [2.05, 4.69) is 10.6 Å². The van der Waals surface area contributed by atoms with Crippen molar-refractivity contribution >= 4 is 23.9 Å². The maximum atomic E-state index is 12.1. The maximum Gasteiger partial charge on any atom is 0.328 e. The second kappa shape index (κ2) is 10.6. The van der Waals surface area contributed by atoms with Crippen molar-refractivity contribution in [3.05, 3.63) is 77.9 Å². The van der Waals surface area contributed by atoms with E-state index < -0.39 is 17.9 Å². The van der Waals surface area contributed by atoms with E-state index >= 15 is 0 Å². The van der Waals surface area contributed by atoms with Gasteiger partial charge in [-0.05, 0) is 24.1 Å². The highest BCUT2D eigenvalue weighted by molar-refractivity contribution is 5.96. The predicted molar refractivity (Wildman–Crippen MR) is 103 cm³/mol. The molecule has 1 atom stereocenters. The zero-order valence-corrected chi connectivity index (χ0v) is 15.1. The van der Waals surface area contributed by atoms with Crippen molar-refractivity contribution in [1.29, 1.82) is 0 Å². The standard InChI is InChI=1S/C21H22N2O4/c1-27-21(26)18(14-8-11-16-9-4-2-5-10-16)23-19(24)15-22-20(25)17-12-6-3-7-13-17/h2-13,18H,14-15H2,1H3,(H,22,25)(H,23,24)/b11-8+/t18-/m1/s1. The molecule has 0 spiro atoms. The van der Waals surface area contributed by atoms with Gasteiger partial charge in [-0.25, -0.2) is 4.79 Å². The summed E-state index contributed by atoms with van der Waals surface area (Å²) in [6, 6.07) is 17.4. The molecular formula is C21H22N2O4. The molecule has 0 bridgehead atoms. The molecule has 0 fully saturated rings. The van der Waals surface area contributed by atoms with E-state index in [1.807, 2.05) is 36.4 Å². The van der Waals surface area contributed by atoms with Crippen LogP contribution in [0.3, 0.4) is 0 Å². The smallest absolute Gasteiger partial charge is 0.328 e. The maximum absolute atomic E-state index is 12.1. The fourth-order valence-corrected chi connectivity index (χ4v) is 2.36. The Bertz CT molecular complexity index is 788. The van der Waals surface area contributed by atoms with Crippen LogP contribution in [-0.2, 0) is 14.3 Å². The predicted octanol–water partition coefficient (Wildman–Crippen LogP) is 2.18. The number of nitrogens with one attached hydrogen (secondary N) is 2. The third-order valence-corrected chi connectivity index (χ3v) is 3.75. The summed E-state index contributed by atoms with van der Waals surface area (Å²) >= 11 is 0. The first-order valence-electron chi connectivity index (χ1n) is 8.52. The molecule has 2 aromatic carbocycles. The summed E-state index contributed by atoms with van der Waals surface area (Å²) in [4.78, 5) is 35.9. The van der Waals surface area contributed by atoms with Crippen molar-refractivity contribution in [2.45, 2.75) is 12.5 Å². The normalized spacial score (nSPS) is 11.6. The second-order valence-corrected chi connectivity index (χ2v) is 5.74. The van der Waals surface area contributed by atoms with Crippen molar-refractivity contribution in [1.82, 2.24) is 10.6 Å². The van der Waals surface area contributed by atoms with E-state index in [9.17, 15) is 14.4 Å². The second-order valence-electron chi connectivity index (χ2n) is 5.74. The number of hydrogen-bond acceptors (Lipinski definition) is 4. The van der Waals surface area contributed by atoms with Crippen molar-refractivity contribution in [2.24, 2.45) is 0 Å². The van der Waals surface area contributed by atoms with Gasteiger partial charge in [-0.2, -0.15) is 0 Å². The summed E-state index contributed by atoms with van der Waals surface area (Å²) in [5.74, 6) is -1.37. The van der Waals surface area contributed by atoms with Gasteiger partial charge < -0.3 is 15.4 Å². The molecule has 2 rings (SSSR count). The van der Waals surface area contributed by atoms with Crippen LogP contribution in [0.15, 0.2) is 66.7 Å². The monoisotopic (exact) mass is 366 g/mol. The van der Waals surface area contributed by atoms with E-state index in [1.54, 1.807) is 36.4 Å². The van der Waals surface area contributed by atoms with Gasteiger partial charge in [0, 0.05) is 5.56 Å². The molecule has 0 aliphatic heterocycles. The molecule has 0 unspecified atom stereocenters. The lowest BCUT2D eigenvalue weighted by molar-refractivity contribution is -0.144. The number of hydrogen-bond donors (Lipinski definition) is 2. The fourth-order valence-electron chi connectivity index (χ4n) is 2.36. The van der Waals surface area contributed by atoms with Gasteiger partial charge in [0.15, 0.2) is 0 Å². The molecule has 140 valence electrons. The van der Waals surface area contributed by atoms with Crippen molar-refractivity contribution in [3.8, 4) is 0 Å². The number of benzene rings is 2. The van der Waals surface area contributed by atoms with Crippen LogP contribution in [0, 0.1) is 0 Å². The highest BCUT2D eigenvalue weighted by Crippen LogP contribution is 2.04. The van der Waals surface area contributed by atoms with Gasteiger partial charge in [0.25, 0.3) is 5.91 Å². The topological polar surface area (TPSA) is 84.5 Å². The van der Waals surface area contributed by atoms with E-state index in [4.69, 9.17) is 4.74 Å². The minimum absolute atomic E-state index is 0.233. The van der Waals surface area contributed by atoms with Crippen LogP contribution in [0.2, 0.25) is 0 Å². The van der Waals surface area contributed by atoms with Crippen LogP contribution in [0.5, 0.6) is 0 Å². The fraction of sp³-hybridized carbons (Fsp3) is 0.190. The Morgan fingerprint density at radius 1 is 1.00 bits per heavy atom. The Morgan fingerprint density at radius 3 is 2.26 bits per heavy atom. The number of methoxy groups -OCH3 is 1. The molecule has 2 aromatic rings. The quantitative estimate of drug-likeness (QED) is 0.702. The van der Waals surface area contributed by atoms with Crippen LogP contribution >= 0.6 is 0 Å². The van der Waals surface area contributed by atoms with Gasteiger partial charge in [-0.15, -0.1) is 0 Å². The van der Waals surface area contributed by atoms with Crippen molar-refractivity contribution < 1.29 is 19.1 Å². The van der Waals surface area contributed by atoms with Crippen molar-refractivity contribution in [3.63, 3.8) is 0 Å². The van der Waals surface area contributed by atoms with Crippen molar-refractivity contribution in [2.75, 3.05) is 13.7 Å². The first kappa shape index (κ1) is 19.9. The van der Waals surface area contributed by atoms with Crippen LogP contribution < -0.4 is 10.6 Å². The van der Waals surface area contributed by atoms with Gasteiger partial charge in [-0.1, -0.05) is 60.7 Å². The minimum Gasteiger partial charge on any atom is -0.467 e. The summed E-state index contributed by atoms with van der Waals surface area (Å²) in [5, 5.41) is 5.10. The van der Waals surface area contributed by atoms with Crippen LogP contribution in [0.4, 0.5) is 0 Å². The molecule has 0 saturated heterocycles. The molecule has 0 aliphatic rings. The van der Waals surface area contributed by atoms with Gasteiger partial charge in [-0.3, -0.25) is 9.59 Å². The lowest BCUT2D eigenvalue weighted by Crippen LogP contribution is -2.45. The van der Waals surface area contributed by atoms with Gasteiger partial charge in [0.05, 0.1) is 13.7 Å². The Morgan fingerprint density at radius 2 is 1.63 bits per heavy atom.